The van der Waals surface area contributed by atoms with Gasteiger partial charge in [0.1, 0.15) is 0 Å². The molecule has 0 amide bonds. The van der Waals surface area contributed by atoms with Gasteiger partial charge >= 0.3 is 0 Å². The van der Waals surface area contributed by atoms with Crippen molar-refractivity contribution < 1.29 is 0 Å². The van der Waals surface area contributed by atoms with Gasteiger partial charge in [0.25, 0.3) is 0 Å². The predicted molar refractivity (Wildman–Crippen MR) is 110 cm³/mol. The Balaban J connectivity index is 1.49. The highest BCUT2D eigenvalue weighted by Gasteiger charge is 2.01. The monoisotopic (exact) mass is 362 g/mol. The summed E-state index contributed by atoms with van der Waals surface area (Å²) in [5.74, 6) is 6.25. The topological polar surface area (TPSA) is 51.6 Å². The number of aryl methyl sites for hydroxylation is 2. The van der Waals surface area contributed by atoms with Crippen molar-refractivity contribution in [2.45, 2.75) is 13.8 Å². The molecule has 4 aromatic heterocycles. The molecule has 0 aliphatic carbocycles. The van der Waals surface area contributed by atoms with Crippen LogP contribution in [0.3, 0.4) is 0 Å². The van der Waals surface area contributed by atoms with E-state index in [0.29, 0.717) is 0 Å². The van der Waals surface area contributed by atoms with Crippen molar-refractivity contribution in [3.05, 3.63) is 95.6 Å². The lowest BCUT2D eigenvalue weighted by molar-refractivity contribution is 1.22. The number of rotatable bonds is 2. The Morgan fingerprint density at radius 3 is 1.11 bits per heavy atom. The van der Waals surface area contributed by atoms with E-state index in [2.05, 4.69) is 31.8 Å². The minimum absolute atomic E-state index is 0.835. The second-order valence-electron chi connectivity index (χ2n) is 6.56. The summed E-state index contributed by atoms with van der Waals surface area (Å²) in [7, 11) is 0. The van der Waals surface area contributed by atoms with Crippen LogP contribution in [-0.2, 0) is 0 Å². The lowest BCUT2D eigenvalue weighted by Gasteiger charge is -2.01. The van der Waals surface area contributed by atoms with Gasteiger partial charge in [-0.2, -0.15) is 0 Å². The maximum absolute atomic E-state index is 4.46. The zero-order valence-corrected chi connectivity index (χ0v) is 15.7. The first-order valence-corrected chi connectivity index (χ1v) is 8.97. The molecular weight excluding hydrogens is 344 g/mol. The fourth-order valence-corrected chi connectivity index (χ4v) is 2.62. The van der Waals surface area contributed by atoms with E-state index in [1.54, 1.807) is 12.4 Å². The van der Waals surface area contributed by atoms with Crippen molar-refractivity contribution in [1.82, 2.24) is 19.9 Å². The molecule has 4 heteroatoms. The van der Waals surface area contributed by atoms with E-state index in [-0.39, 0.29) is 0 Å². The van der Waals surface area contributed by atoms with Gasteiger partial charge in [0.2, 0.25) is 0 Å². The summed E-state index contributed by atoms with van der Waals surface area (Å²) < 4.78 is 0. The van der Waals surface area contributed by atoms with Crippen LogP contribution < -0.4 is 0 Å². The van der Waals surface area contributed by atoms with Crippen LogP contribution in [0.5, 0.6) is 0 Å². The maximum Gasteiger partial charge on any atom is 0.0887 e. The molecule has 0 saturated heterocycles. The van der Waals surface area contributed by atoms with Crippen molar-refractivity contribution in [3.63, 3.8) is 0 Å². The second kappa shape index (κ2) is 7.81. The Bertz CT molecular complexity index is 1040. The van der Waals surface area contributed by atoms with Gasteiger partial charge in [-0.1, -0.05) is 24.0 Å². The van der Waals surface area contributed by atoms with Crippen LogP contribution in [0.4, 0.5) is 0 Å². The third-order valence-electron chi connectivity index (χ3n) is 4.23. The minimum atomic E-state index is 0.835. The Kier molecular flexibility index (Phi) is 4.90. The highest BCUT2D eigenvalue weighted by atomic mass is 14.8. The molecule has 0 spiro atoms. The standard InChI is InChI=1S/C24H18N4/c1-17-3-9-21(25-13-17)23-11-7-19(15-27-23)5-6-20-8-12-24(28-16-20)22-10-4-18(2)14-26-22/h3-4,7-16H,1-2H3. The molecule has 28 heavy (non-hydrogen) atoms. The van der Waals surface area contributed by atoms with E-state index in [0.717, 1.165) is 45.0 Å². The number of hydrogen-bond acceptors (Lipinski definition) is 4. The van der Waals surface area contributed by atoms with E-state index < -0.39 is 0 Å². The molecule has 0 unspecified atom stereocenters. The summed E-state index contributed by atoms with van der Waals surface area (Å²) in [6.45, 7) is 4.03. The number of nitrogens with zero attached hydrogens (tertiary/aromatic N) is 4. The first kappa shape index (κ1) is 17.6. The molecule has 0 fully saturated rings. The Morgan fingerprint density at radius 1 is 0.464 bits per heavy atom. The summed E-state index contributed by atoms with van der Waals surface area (Å²) in [4.78, 5) is 17.7. The van der Waals surface area contributed by atoms with Crippen LogP contribution in [-0.4, -0.2) is 19.9 Å². The average molecular weight is 362 g/mol. The second-order valence-corrected chi connectivity index (χ2v) is 6.56. The molecule has 4 nitrogen and oxygen atoms in total. The first-order chi connectivity index (χ1) is 13.7. The summed E-state index contributed by atoms with van der Waals surface area (Å²) >= 11 is 0. The Morgan fingerprint density at radius 2 is 0.821 bits per heavy atom. The summed E-state index contributed by atoms with van der Waals surface area (Å²) in [5, 5.41) is 0. The van der Waals surface area contributed by atoms with Crippen LogP contribution in [0.15, 0.2) is 73.3 Å². The van der Waals surface area contributed by atoms with Crippen LogP contribution in [0.2, 0.25) is 0 Å². The molecule has 0 aliphatic rings. The van der Waals surface area contributed by atoms with Gasteiger partial charge in [0, 0.05) is 35.9 Å². The fraction of sp³-hybridized carbons (Fsp3) is 0.0833. The van der Waals surface area contributed by atoms with Crippen LogP contribution in [0.25, 0.3) is 22.8 Å². The quantitative estimate of drug-likeness (QED) is 0.488. The maximum atomic E-state index is 4.46. The van der Waals surface area contributed by atoms with Crippen molar-refractivity contribution in [2.75, 3.05) is 0 Å². The SMILES string of the molecule is Cc1ccc(-c2ccc(C#Cc3ccc(-c4ccc(C)cn4)nc3)cn2)nc1. The van der Waals surface area contributed by atoms with Crippen LogP contribution in [0, 0.1) is 25.7 Å². The fourth-order valence-electron chi connectivity index (χ4n) is 2.62. The molecule has 0 aliphatic heterocycles. The van der Waals surface area contributed by atoms with Gasteiger partial charge in [0.05, 0.1) is 22.8 Å². The third kappa shape index (κ3) is 4.11. The molecule has 134 valence electrons. The minimum Gasteiger partial charge on any atom is -0.254 e. The highest BCUT2D eigenvalue weighted by Crippen LogP contribution is 2.15. The van der Waals surface area contributed by atoms with E-state index in [1.165, 1.54) is 0 Å². The van der Waals surface area contributed by atoms with Crippen LogP contribution >= 0.6 is 0 Å². The first-order valence-electron chi connectivity index (χ1n) is 8.97. The van der Waals surface area contributed by atoms with Crippen LogP contribution in [0.1, 0.15) is 22.3 Å². The summed E-state index contributed by atoms with van der Waals surface area (Å²) in [6, 6.07) is 15.8. The molecule has 0 aromatic carbocycles. The van der Waals surface area contributed by atoms with Gasteiger partial charge in [-0.05, 0) is 61.4 Å². The number of pyridine rings is 4. The number of aromatic nitrogens is 4. The van der Waals surface area contributed by atoms with E-state index in [1.807, 2.05) is 74.8 Å². The number of hydrogen-bond donors (Lipinski definition) is 0. The molecule has 0 bridgehead atoms. The largest absolute Gasteiger partial charge is 0.254 e. The average Bonchev–Trinajstić information content (AvgIpc) is 2.74. The van der Waals surface area contributed by atoms with Crippen molar-refractivity contribution in [3.8, 4) is 34.6 Å². The lowest BCUT2D eigenvalue weighted by atomic mass is 10.1. The lowest BCUT2D eigenvalue weighted by Crippen LogP contribution is -1.89. The molecule has 4 heterocycles. The zero-order valence-electron chi connectivity index (χ0n) is 15.7. The predicted octanol–water partition coefficient (Wildman–Crippen LogP) is 4.62. The molecule has 4 aromatic rings. The molecule has 0 N–H and O–H groups in total. The molecule has 0 atom stereocenters. The molecule has 4 rings (SSSR count). The highest BCUT2D eigenvalue weighted by molar-refractivity contribution is 5.57. The third-order valence-corrected chi connectivity index (χ3v) is 4.23. The van der Waals surface area contributed by atoms with Gasteiger partial charge < -0.3 is 0 Å². The molecular formula is C24H18N4. The van der Waals surface area contributed by atoms with Crippen molar-refractivity contribution in [1.29, 1.82) is 0 Å². The van der Waals surface area contributed by atoms with Gasteiger partial charge in [-0.15, -0.1) is 0 Å². The Labute approximate surface area is 164 Å². The van der Waals surface area contributed by atoms with Crippen molar-refractivity contribution >= 4 is 0 Å². The van der Waals surface area contributed by atoms with E-state index in [9.17, 15) is 0 Å². The molecule has 0 saturated carbocycles. The summed E-state index contributed by atoms with van der Waals surface area (Å²) in [6.07, 6.45) is 7.21. The van der Waals surface area contributed by atoms with Gasteiger partial charge in [-0.25, -0.2) is 0 Å². The van der Waals surface area contributed by atoms with Gasteiger partial charge in [0.15, 0.2) is 0 Å². The normalized spacial score (nSPS) is 10.2. The molecule has 0 radical (unpaired) electrons. The van der Waals surface area contributed by atoms with E-state index in [4.69, 9.17) is 0 Å². The van der Waals surface area contributed by atoms with Crippen molar-refractivity contribution in [2.24, 2.45) is 0 Å². The Hall–Kier alpha value is -3.84. The zero-order chi connectivity index (χ0) is 19.3. The summed E-state index contributed by atoms with van der Waals surface area (Å²) in [5.41, 5.74) is 7.34. The van der Waals surface area contributed by atoms with Gasteiger partial charge in [-0.3, -0.25) is 19.9 Å². The smallest absolute Gasteiger partial charge is 0.0887 e. The van der Waals surface area contributed by atoms with E-state index >= 15 is 0 Å².